The first-order chi connectivity index (χ1) is 8.35. The van der Waals surface area contributed by atoms with Crippen molar-refractivity contribution in [2.24, 2.45) is 0 Å². The maximum absolute atomic E-state index is 5.93. The summed E-state index contributed by atoms with van der Waals surface area (Å²) in [6.45, 7) is 7.12. The Kier molecular flexibility index (Phi) is 2.69. The van der Waals surface area contributed by atoms with E-state index >= 15 is 0 Å². The molecule has 0 N–H and O–H groups in total. The number of benzene rings is 1. The lowest BCUT2D eigenvalue weighted by Crippen LogP contribution is -2.31. The van der Waals surface area contributed by atoms with Gasteiger partial charge in [-0.2, -0.15) is 0 Å². The van der Waals surface area contributed by atoms with Gasteiger partial charge in [-0.15, -0.1) is 0 Å². The summed E-state index contributed by atoms with van der Waals surface area (Å²) in [6, 6.07) is 4.03. The van der Waals surface area contributed by atoms with Crippen molar-refractivity contribution >= 4 is 18.7 Å². The van der Waals surface area contributed by atoms with Crippen LogP contribution in [0.4, 0.5) is 0 Å². The second-order valence-corrected chi connectivity index (χ2v) is 4.27. The van der Waals surface area contributed by atoms with Gasteiger partial charge in [-0.05, 0) is 23.6 Å². The Bertz CT molecular complexity index is 458. The van der Waals surface area contributed by atoms with E-state index in [2.05, 4.69) is 13.5 Å². The molecular weight excluding hydrogens is 215 g/mol. The average Bonchev–Trinajstić information content (AvgIpc) is 2.61. The van der Waals surface area contributed by atoms with Crippen molar-refractivity contribution in [1.29, 1.82) is 0 Å². The minimum atomic E-state index is -0.271. The molecule has 0 fully saturated rings. The van der Waals surface area contributed by atoms with Gasteiger partial charge in [-0.1, -0.05) is 25.6 Å². The fourth-order valence-corrected chi connectivity index (χ4v) is 2.55. The van der Waals surface area contributed by atoms with E-state index in [4.69, 9.17) is 14.0 Å². The molecule has 88 valence electrons. The summed E-state index contributed by atoms with van der Waals surface area (Å²) in [7, 11) is -0.271. The van der Waals surface area contributed by atoms with Gasteiger partial charge in [-0.3, -0.25) is 0 Å². The largest absolute Gasteiger partial charge is 0.498 e. The van der Waals surface area contributed by atoms with Crippen molar-refractivity contribution in [2.45, 2.75) is 19.4 Å². The Labute approximate surface area is 102 Å². The average molecular weight is 230 g/mol. The first kappa shape index (κ1) is 10.9. The van der Waals surface area contributed by atoms with Crippen LogP contribution in [0.25, 0.3) is 6.08 Å². The highest BCUT2D eigenvalue weighted by molar-refractivity contribution is 6.64. The summed E-state index contributed by atoms with van der Waals surface area (Å²) in [5.41, 5.74) is 3.37. The van der Waals surface area contributed by atoms with E-state index < -0.39 is 0 Å². The van der Waals surface area contributed by atoms with Crippen molar-refractivity contribution in [3.8, 4) is 5.75 Å². The Morgan fingerprint density at radius 3 is 3.12 bits per heavy atom. The predicted octanol–water partition coefficient (Wildman–Crippen LogP) is 1.92. The lowest BCUT2D eigenvalue weighted by molar-refractivity contribution is 0.141. The molecule has 0 saturated heterocycles. The third-order valence-corrected chi connectivity index (χ3v) is 3.33. The van der Waals surface area contributed by atoms with Gasteiger partial charge in [0.15, 0.2) is 0 Å². The number of hydrogen-bond acceptors (Lipinski definition) is 3. The van der Waals surface area contributed by atoms with Crippen molar-refractivity contribution in [2.75, 3.05) is 13.2 Å². The van der Waals surface area contributed by atoms with Crippen molar-refractivity contribution in [1.82, 2.24) is 0 Å². The summed E-state index contributed by atoms with van der Waals surface area (Å²) >= 11 is 0. The van der Waals surface area contributed by atoms with Gasteiger partial charge >= 0.3 is 7.12 Å². The normalized spacial score (nSPS) is 21.7. The van der Waals surface area contributed by atoms with Gasteiger partial charge in [-0.25, -0.2) is 0 Å². The molecule has 0 spiro atoms. The van der Waals surface area contributed by atoms with Crippen LogP contribution >= 0.6 is 0 Å². The Hall–Kier alpha value is -1.26. The van der Waals surface area contributed by atoms with E-state index in [0.717, 1.165) is 23.2 Å². The molecule has 2 aliphatic rings. The van der Waals surface area contributed by atoms with Gasteiger partial charge in [0.1, 0.15) is 12.4 Å². The molecule has 1 atom stereocenters. The van der Waals surface area contributed by atoms with Crippen LogP contribution in [-0.4, -0.2) is 20.3 Å². The van der Waals surface area contributed by atoms with E-state index in [1.807, 2.05) is 18.2 Å². The molecule has 2 heterocycles. The second-order valence-electron chi connectivity index (χ2n) is 4.27. The van der Waals surface area contributed by atoms with E-state index in [1.54, 1.807) is 0 Å². The SMILES string of the molecule is C=Cc1ccc2c3c1[C@@H](CC)OB3OCCO2. The molecular formula is C13H15BO3. The Morgan fingerprint density at radius 2 is 2.35 bits per heavy atom. The standard InChI is InChI=1S/C13H15BO3/c1-3-9-5-6-11-13-12(9)10(4-2)17-14(13)16-8-7-15-11/h3,5-6,10H,1,4,7-8H2,2H3/t10-/m1/s1. The van der Waals surface area contributed by atoms with E-state index in [-0.39, 0.29) is 13.2 Å². The lowest BCUT2D eigenvalue weighted by Gasteiger charge is -2.14. The molecule has 0 bridgehead atoms. The van der Waals surface area contributed by atoms with Crippen LogP contribution in [0.2, 0.25) is 0 Å². The minimum absolute atomic E-state index is 0.0876. The number of ether oxygens (including phenoxy) is 1. The van der Waals surface area contributed by atoms with Gasteiger partial charge < -0.3 is 14.0 Å². The minimum Gasteiger partial charge on any atom is -0.492 e. The molecule has 0 aliphatic carbocycles. The van der Waals surface area contributed by atoms with E-state index in [0.29, 0.717) is 13.2 Å². The molecule has 1 aromatic rings. The summed E-state index contributed by atoms with van der Waals surface area (Å²) in [5.74, 6) is 0.893. The molecule has 2 aliphatic heterocycles. The van der Waals surface area contributed by atoms with Crippen LogP contribution < -0.4 is 10.2 Å². The highest BCUT2D eigenvalue weighted by atomic mass is 16.6. The van der Waals surface area contributed by atoms with Crippen LogP contribution in [0.3, 0.4) is 0 Å². The van der Waals surface area contributed by atoms with Crippen molar-refractivity contribution in [3.05, 3.63) is 29.8 Å². The topological polar surface area (TPSA) is 27.7 Å². The predicted molar refractivity (Wildman–Crippen MR) is 67.5 cm³/mol. The van der Waals surface area contributed by atoms with Gasteiger partial charge in [0, 0.05) is 5.46 Å². The molecule has 3 rings (SSSR count). The molecule has 3 nitrogen and oxygen atoms in total. The third kappa shape index (κ3) is 1.60. The Morgan fingerprint density at radius 1 is 1.47 bits per heavy atom. The van der Waals surface area contributed by atoms with Crippen molar-refractivity contribution in [3.63, 3.8) is 0 Å². The molecule has 17 heavy (non-hydrogen) atoms. The monoisotopic (exact) mass is 230 g/mol. The van der Waals surface area contributed by atoms with Crippen LogP contribution in [0.5, 0.6) is 5.75 Å². The zero-order valence-electron chi connectivity index (χ0n) is 9.94. The summed E-state index contributed by atoms with van der Waals surface area (Å²) in [6.07, 6.45) is 2.89. The maximum Gasteiger partial charge on any atom is 0.498 e. The smallest absolute Gasteiger partial charge is 0.492 e. The maximum atomic E-state index is 5.93. The number of rotatable bonds is 2. The van der Waals surface area contributed by atoms with Crippen molar-refractivity contribution < 1.29 is 14.0 Å². The van der Waals surface area contributed by atoms with E-state index in [1.165, 1.54) is 5.56 Å². The van der Waals surface area contributed by atoms with Crippen LogP contribution in [0, 0.1) is 0 Å². The summed E-state index contributed by atoms with van der Waals surface area (Å²) in [5, 5.41) is 0. The highest BCUT2D eigenvalue weighted by Gasteiger charge is 2.41. The fraction of sp³-hybridized carbons (Fsp3) is 0.385. The molecule has 4 heteroatoms. The lowest BCUT2D eigenvalue weighted by atomic mass is 9.76. The fourth-order valence-electron chi connectivity index (χ4n) is 2.55. The number of hydrogen-bond donors (Lipinski definition) is 0. The van der Waals surface area contributed by atoms with Gasteiger partial charge in [0.25, 0.3) is 0 Å². The van der Waals surface area contributed by atoms with Crippen LogP contribution in [-0.2, 0) is 9.31 Å². The molecule has 0 aromatic heterocycles. The molecule has 0 saturated carbocycles. The third-order valence-electron chi connectivity index (χ3n) is 3.33. The van der Waals surface area contributed by atoms with Gasteiger partial charge in [0.2, 0.25) is 0 Å². The molecule has 0 unspecified atom stereocenters. The van der Waals surface area contributed by atoms with Crippen LogP contribution in [0.15, 0.2) is 18.7 Å². The molecule has 1 aromatic carbocycles. The summed E-state index contributed by atoms with van der Waals surface area (Å²) < 4.78 is 17.3. The second kappa shape index (κ2) is 4.20. The Balaban J connectivity index is 2.20. The molecule has 0 amide bonds. The van der Waals surface area contributed by atoms with E-state index in [9.17, 15) is 0 Å². The van der Waals surface area contributed by atoms with Crippen LogP contribution in [0.1, 0.15) is 30.6 Å². The van der Waals surface area contributed by atoms with Gasteiger partial charge in [0.05, 0.1) is 12.7 Å². The molecule has 0 radical (unpaired) electrons. The summed E-state index contributed by atoms with van der Waals surface area (Å²) in [4.78, 5) is 0. The zero-order chi connectivity index (χ0) is 11.8. The highest BCUT2D eigenvalue weighted by Crippen LogP contribution is 2.35. The first-order valence-corrected chi connectivity index (χ1v) is 6.04. The zero-order valence-corrected chi connectivity index (χ0v) is 9.94. The quantitative estimate of drug-likeness (QED) is 0.726. The first-order valence-electron chi connectivity index (χ1n) is 6.04.